The number of carbonyl (C=O) groups excluding carboxylic acids is 2. The lowest BCUT2D eigenvalue weighted by Crippen LogP contribution is -2.44. The molecule has 1 atom stereocenters. The monoisotopic (exact) mass is 582 g/mol. The third-order valence-electron chi connectivity index (χ3n) is 6.19. The first-order valence-electron chi connectivity index (χ1n) is 12.8. The van der Waals surface area contributed by atoms with E-state index in [0.717, 1.165) is 23.3 Å². The van der Waals surface area contributed by atoms with Gasteiger partial charge in [0.25, 0.3) is 0 Å². The summed E-state index contributed by atoms with van der Waals surface area (Å²) in [4.78, 5) is 30.8. The number of aromatic nitrogens is 4. The van der Waals surface area contributed by atoms with Crippen LogP contribution in [-0.2, 0) is 22.7 Å². The van der Waals surface area contributed by atoms with Gasteiger partial charge < -0.3 is 19.7 Å². The van der Waals surface area contributed by atoms with Crippen LogP contribution < -0.4 is 14.8 Å². The highest BCUT2D eigenvalue weighted by Crippen LogP contribution is 2.31. The molecule has 10 nitrogen and oxygen atoms in total. The molecule has 1 N–H and O–H groups in total. The van der Waals surface area contributed by atoms with Crippen LogP contribution in [-0.4, -0.2) is 57.7 Å². The van der Waals surface area contributed by atoms with Gasteiger partial charge in [0, 0.05) is 28.6 Å². The predicted molar refractivity (Wildman–Crippen MR) is 153 cm³/mol. The Kier molecular flexibility index (Phi) is 10.1. The van der Waals surface area contributed by atoms with E-state index in [-0.39, 0.29) is 24.9 Å². The summed E-state index contributed by atoms with van der Waals surface area (Å²) in [7, 11) is 3.10. The van der Waals surface area contributed by atoms with Crippen molar-refractivity contribution >= 4 is 34.8 Å². The van der Waals surface area contributed by atoms with Gasteiger partial charge in [-0.2, -0.15) is 4.80 Å². The maximum Gasteiger partial charge on any atom is 0.248 e. The molecule has 12 heteroatoms. The number of carbonyl (C=O) groups is 2. The van der Waals surface area contributed by atoms with E-state index in [1.165, 1.54) is 21.0 Å². The van der Waals surface area contributed by atoms with E-state index < -0.39 is 6.04 Å². The van der Waals surface area contributed by atoms with Gasteiger partial charge in [-0.25, -0.2) is 0 Å². The van der Waals surface area contributed by atoms with Crippen LogP contribution in [0, 0.1) is 0 Å². The van der Waals surface area contributed by atoms with Gasteiger partial charge in [0.05, 0.1) is 14.2 Å². The van der Waals surface area contributed by atoms with Crippen LogP contribution in [0.3, 0.4) is 0 Å². The smallest absolute Gasteiger partial charge is 0.248 e. The zero-order valence-corrected chi connectivity index (χ0v) is 24.1. The Morgan fingerprint density at radius 2 is 1.90 bits per heavy atom. The first-order chi connectivity index (χ1) is 19.4. The van der Waals surface area contributed by atoms with Gasteiger partial charge in [0.15, 0.2) is 11.5 Å². The van der Waals surface area contributed by atoms with E-state index in [1.807, 2.05) is 35.7 Å². The van der Waals surface area contributed by atoms with Crippen LogP contribution in [0.15, 0.2) is 60.0 Å². The Balaban J connectivity index is 1.63. The van der Waals surface area contributed by atoms with E-state index in [9.17, 15) is 9.59 Å². The molecular formula is C28H31ClN6O4S. The summed E-state index contributed by atoms with van der Waals surface area (Å²) in [5.74, 6) is 0.791. The molecule has 0 radical (unpaired) electrons. The number of unbranched alkanes of at least 4 members (excludes halogenated alkanes) is 1. The van der Waals surface area contributed by atoms with Crippen molar-refractivity contribution in [3.63, 3.8) is 0 Å². The molecule has 0 spiro atoms. The Morgan fingerprint density at radius 1 is 1.10 bits per heavy atom. The largest absolute Gasteiger partial charge is 0.493 e. The highest BCUT2D eigenvalue weighted by Gasteiger charge is 2.33. The molecule has 0 fully saturated rings. The standard InChI is InChI=1S/C28H31ClN6O4S/c1-4-5-14-30-28(37)26(24-11-8-15-40-24)34(17-20-9-6-7-10-21(20)29)25(36)18-35-32-27(31-33-35)19-12-13-22(38-2)23(16-19)39-3/h6-13,15-16,26H,4-5,14,17-18H2,1-3H3,(H,30,37). The second-order valence-electron chi connectivity index (χ2n) is 8.89. The van der Waals surface area contributed by atoms with Gasteiger partial charge in [-0.3, -0.25) is 9.59 Å². The average molecular weight is 583 g/mol. The lowest BCUT2D eigenvalue weighted by atomic mass is 10.1. The molecule has 0 aliphatic heterocycles. The van der Waals surface area contributed by atoms with E-state index >= 15 is 0 Å². The molecule has 0 aliphatic rings. The zero-order valence-electron chi connectivity index (χ0n) is 22.5. The lowest BCUT2D eigenvalue weighted by Gasteiger charge is -2.30. The molecular weight excluding hydrogens is 552 g/mol. The molecule has 2 heterocycles. The van der Waals surface area contributed by atoms with Crippen LogP contribution in [0.5, 0.6) is 11.5 Å². The fourth-order valence-electron chi connectivity index (χ4n) is 4.10. The number of nitrogens with one attached hydrogen (secondary N) is 1. The molecule has 0 saturated heterocycles. The van der Waals surface area contributed by atoms with Crippen LogP contribution in [0.25, 0.3) is 11.4 Å². The maximum atomic E-state index is 13.9. The van der Waals surface area contributed by atoms with E-state index in [4.69, 9.17) is 21.1 Å². The van der Waals surface area contributed by atoms with Crippen molar-refractivity contribution in [3.05, 3.63) is 75.4 Å². The molecule has 4 rings (SSSR count). The Labute approximate surface area is 241 Å². The molecule has 40 heavy (non-hydrogen) atoms. The lowest BCUT2D eigenvalue weighted by molar-refractivity contribution is -0.142. The highest BCUT2D eigenvalue weighted by molar-refractivity contribution is 7.10. The van der Waals surface area contributed by atoms with Gasteiger partial charge in [0.2, 0.25) is 17.6 Å². The molecule has 2 aromatic carbocycles. The number of benzene rings is 2. The maximum absolute atomic E-state index is 13.9. The molecule has 2 aromatic heterocycles. The normalized spacial score (nSPS) is 11.6. The number of methoxy groups -OCH3 is 2. The number of hydrogen-bond donors (Lipinski definition) is 1. The van der Waals surface area contributed by atoms with Gasteiger partial charge in [-0.1, -0.05) is 49.2 Å². The Bertz CT molecular complexity index is 1430. The Hall–Kier alpha value is -3.96. The number of halogens is 1. The summed E-state index contributed by atoms with van der Waals surface area (Å²) in [6.07, 6.45) is 1.77. The number of rotatable bonds is 13. The fourth-order valence-corrected chi connectivity index (χ4v) is 5.13. The summed E-state index contributed by atoms with van der Waals surface area (Å²) < 4.78 is 10.7. The number of hydrogen-bond acceptors (Lipinski definition) is 8. The molecule has 0 aliphatic carbocycles. The highest BCUT2D eigenvalue weighted by atomic mass is 35.5. The van der Waals surface area contributed by atoms with Crippen LogP contribution in [0.1, 0.15) is 36.2 Å². The second-order valence-corrected chi connectivity index (χ2v) is 10.3. The van der Waals surface area contributed by atoms with Crippen molar-refractivity contribution < 1.29 is 19.1 Å². The number of amides is 2. The number of ether oxygens (including phenoxy) is 2. The molecule has 210 valence electrons. The van der Waals surface area contributed by atoms with Gasteiger partial charge in [-0.15, -0.1) is 21.5 Å². The second kappa shape index (κ2) is 13.9. The quantitative estimate of drug-likeness (QED) is 0.226. The molecule has 4 aromatic rings. The Morgan fingerprint density at radius 3 is 2.60 bits per heavy atom. The van der Waals surface area contributed by atoms with Crippen molar-refractivity contribution in [2.45, 2.75) is 38.9 Å². The van der Waals surface area contributed by atoms with Crippen molar-refractivity contribution in [2.24, 2.45) is 0 Å². The topological polar surface area (TPSA) is 111 Å². The van der Waals surface area contributed by atoms with Gasteiger partial charge >= 0.3 is 0 Å². The number of thiophene rings is 1. The fraction of sp³-hybridized carbons (Fsp3) is 0.321. The molecule has 2 amide bonds. The summed E-state index contributed by atoms with van der Waals surface area (Å²) in [5, 5.41) is 18.0. The first kappa shape index (κ1) is 29.0. The predicted octanol–water partition coefficient (Wildman–Crippen LogP) is 4.76. The zero-order chi connectivity index (χ0) is 28.5. The summed E-state index contributed by atoms with van der Waals surface area (Å²) in [6.45, 7) is 2.47. The summed E-state index contributed by atoms with van der Waals surface area (Å²) in [5.41, 5.74) is 1.37. The minimum absolute atomic E-state index is 0.125. The van der Waals surface area contributed by atoms with E-state index in [1.54, 1.807) is 38.5 Å². The SMILES string of the molecule is CCCCNC(=O)C(c1cccs1)N(Cc1ccccc1Cl)C(=O)Cn1nnc(-c2ccc(OC)c(OC)c2)n1. The minimum atomic E-state index is -0.852. The number of nitrogens with zero attached hydrogens (tertiary/aromatic N) is 5. The van der Waals surface area contributed by atoms with Crippen molar-refractivity contribution in [1.29, 1.82) is 0 Å². The minimum Gasteiger partial charge on any atom is -0.493 e. The summed E-state index contributed by atoms with van der Waals surface area (Å²) in [6, 6.07) is 15.4. The first-order valence-corrected chi connectivity index (χ1v) is 14.0. The van der Waals surface area contributed by atoms with E-state index in [0.29, 0.717) is 34.5 Å². The van der Waals surface area contributed by atoms with E-state index in [2.05, 4.69) is 27.7 Å². The van der Waals surface area contributed by atoms with Crippen LogP contribution in [0.4, 0.5) is 0 Å². The van der Waals surface area contributed by atoms with Gasteiger partial charge in [0.1, 0.15) is 12.6 Å². The van der Waals surface area contributed by atoms with Crippen molar-refractivity contribution in [1.82, 2.24) is 30.4 Å². The molecule has 1 unspecified atom stereocenters. The third kappa shape index (κ3) is 6.97. The molecule has 0 saturated carbocycles. The summed E-state index contributed by atoms with van der Waals surface area (Å²) >= 11 is 7.88. The van der Waals surface area contributed by atoms with Crippen LogP contribution >= 0.6 is 22.9 Å². The average Bonchev–Trinajstić information content (AvgIpc) is 3.66. The van der Waals surface area contributed by atoms with Crippen molar-refractivity contribution in [3.8, 4) is 22.9 Å². The van der Waals surface area contributed by atoms with Crippen LogP contribution in [0.2, 0.25) is 5.02 Å². The third-order valence-corrected chi connectivity index (χ3v) is 7.49. The van der Waals surface area contributed by atoms with Gasteiger partial charge in [-0.05, 0) is 52.9 Å². The molecule has 0 bridgehead atoms. The van der Waals surface area contributed by atoms with Crippen molar-refractivity contribution in [2.75, 3.05) is 20.8 Å². The number of tetrazole rings is 1.